The summed E-state index contributed by atoms with van der Waals surface area (Å²) >= 11 is 1.48. The molecule has 0 radical (unpaired) electrons. The van der Waals surface area contributed by atoms with Crippen LogP contribution in [0.2, 0.25) is 0 Å². The maximum absolute atomic E-state index is 12.1. The van der Waals surface area contributed by atoms with Crippen LogP contribution in [0.1, 0.15) is 31.3 Å². The summed E-state index contributed by atoms with van der Waals surface area (Å²) in [7, 11) is 0. The molecule has 0 unspecified atom stereocenters. The third kappa shape index (κ3) is 4.11. The summed E-state index contributed by atoms with van der Waals surface area (Å²) in [5.74, 6) is -0.168. The minimum atomic E-state index is -0.676. The fourth-order valence-electron chi connectivity index (χ4n) is 2.20. The number of nitrogens with one attached hydrogen (secondary N) is 1. The zero-order valence-corrected chi connectivity index (χ0v) is 15.6. The molecule has 0 saturated heterocycles. The van der Waals surface area contributed by atoms with Gasteiger partial charge in [0.1, 0.15) is 0 Å². The van der Waals surface area contributed by atoms with Crippen LogP contribution in [0, 0.1) is 5.92 Å². The quantitative estimate of drug-likeness (QED) is 0.664. The molecule has 7 heteroatoms. The van der Waals surface area contributed by atoms with Gasteiger partial charge in [-0.2, -0.15) is 0 Å². The van der Waals surface area contributed by atoms with Crippen molar-refractivity contribution in [3.63, 3.8) is 0 Å². The van der Waals surface area contributed by atoms with Gasteiger partial charge < -0.3 is 14.5 Å². The first-order valence-corrected chi connectivity index (χ1v) is 9.18. The summed E-state index contributed by atoms with van der Waals surface area (Å²) in [5, 5.41) is 3.47. The Morgan fingerprint density at radius 1 is 1.19 bits per heavy atom. The number of carbonyl (C=O) groups is 2. The molecule has 0 aliphatic carbocycles. The first kappa shape index (κ1) is 18.1. The van der Waals surface area contributed by atoms with Crippen LogP contribution < -0.4 is 5.32 Å². The first-order valence-electron chi connectivity index (χ1n) is 8.36. The number of rotatable bonds is 6. The van der Waals surface area contributed by atoms with Crippen LogP contribution >= 0.6 is 11.3 Å². The van der Waals surface area contributed by atoms with Crippen LogP contribution in [0.25, 0.3) is 21.0 Å². The summed E-state index contributed by atoms with van der Waals surface area (Å²) in [6.45, 7) is 5.57. The van der Waals surface area contributed by atoms with E-state index in [9.17, 15) is 9.59 Å². The average Bonchev–Trinajstić information content (AvgIpc) is 3.25. The smallest absolute Gasteiger partial charge is 0.374 e. The lowest BCUT2D eigenvalue weighted by atomic mass is 10.1. The number of esters is 1. The number of para-hydroxylation sites is 1. The SMILES string of the molecule is CC(C)[C@H](C)NC(=O)COC(=O)c1ccc(-c2nc3ccccc3s2)o1. The maximum atomic E-state index is 12.1. The van der Waals surface area contributed by atoms with Gasteiger partial charge in [0.2, 0.25) is 5.76 Å². The normalized spacial score (nSPS) is 12.3. The third-order valence-corrected chi connectivity index (χ3v) is 5.09. The summed E-state index contributed by atoms with van der Waals surface area (Å²) in [4.78, 5) is 28.4. The minimum Gasteiger partial charge on any atom is -0.450 e. The van der Waals surface area contributed by atoms with Gasteiger partial charge in [-0.3, -0.25) is 4.79 Å². The number of hydrogen-bond donors (Lipinski definition) is 1. The van der Waals surface area contributed by atoms with Crippen LogP contribution in [0.3, 0.4) is 0 Å². The number of hydrogen-bond acceptors (Lipinski definition) is 6. The van der Waals surface area contributed by atoms with Gasteiger partial charge in [0.15, 0.2) is 17.4 Å². The number of fused-ring (bicyclic) bond motifs is 1. The van der Waals surface area contributed by atoms with E-state index in [1.54, 1.807) is 6.07 Å². The van der Waals surface area contributed by atoms with Gasteiger partial charge in [0, 0.05) is 6.04 Å². The number of amides is 1. The lowest BCUT2D eigenvalue weighted by Gasteiger charge is -2.17. The highest BCUT2D eigenvalue weighted by molar-refractivity contribution is 7.21. The Balaban J connectivity index is 1.62. The molecule has 6 nitrogen and oxygen atoms in total. The second-order valence-electron chi connectivity index (χ2n) is 6.33. The second-order valence-corrected chi connectivity index (χ2v) is 7.36. The fourth-order valence-corrected chi connectivity index (χ4v) is 3.13. The van der Waals surface area contributed by atoms with Gasteiger partial charge in [-0.25, -0.2) is 9.78 Å². The van der Waals surface area contributed by atoms with E-state index in [-0.39, 0.29) is 24.3 Å². The topological polar surface area (TPSA) is 81.4 Å². The molecule has 3 aromatic rings. The van der Waals surface area contributed by atoms with Crippen LogP contribution in [0.15, 0.2) is 40.8 Å². The van der Waals surface area contributed by atoms with Crippen molar-refractivity contribution in [1.82, 2.24) is 10.3 Å². The number of carbonyl (C=O) groups excluding carboxylic acids is 2. The molecule has 0 fully saturated rings. The number of thiazole rings is 1. The van der Waals surface area contributed by atoms with Gasteiger partial charge in [-0.1, -0.05) is 26.0 Å². The molecular formula is C19H20N2O4S. The van der Waals surface area contributed by atoms with Crippen molar-refractivity contribution in [3.8, 4) is 10.8 Å². The van der Waals surface area contributed by atoms with Crippen molar-refractivity contribution < 1.29 is 18.7 Å². The highest BCUT2D eigenvalue weighted by Crippen LogP contribution is 2.31. The van der Waals surface area contributed by atoms with Crippen LogP contribution in [0.4, 0.5) is 0 Å². The summed E-state index contributed by atoms with van der Waals surface area (Å²) < 4.78 is 11.6. The largest absolute Gasteiger partial charge is 0.450 e. The number of nitrogens with zero attached hydrogens (tertiary/aromatic N) is 1. The summed E-state index contributed by atoms with van der Waals surface area (Å²) in [6, 6.07) is 11.0. The van der Waals surface area contributed by atoms with Gasteiger partial charge in [0.05, 0.1) is 10.2 Å². The molecule has 1 atom stereocenters. The highest BCUT2D eigenvalue weighted by Gasteiger charge is 2.18. The molecule has 1 amide bonds. The van der Waals surface area contributed by atoms with Crippen molar-refractivity contribution in [1.29, 1.82) is 0 Å². The van der Waals surface area contributed by atoms with E-state index >= 15 is 0 Å². The second kappa shape index (κ2) is 7.70. The van der Waals surface area contributed by atoms with Crippen molar-refractivity contribution >= 4 is 33.4 Å². The number of furan rings is 1. The van der Waals surface area contributed by atoms with Crippen LogP contribution in [0.5, 0.6) is 0 Å². The predicted octanol–water partition coefficient (Wildman–Crippen LogP) is 3.87. The Labute approximate surface area is 155 Å². The predicted molar refractivity (Wildman–Crippen MR) is 100 cm³/mol. The number of benzene rings is 1. The Bertz CT molecular complexity index is 895. The molecule has 0 aliphatic rings. The van der Waals surface area contributed by atoms with Gasteiger partial charge >= 0.3 is 5.97 Å². The van der Waals surface area contributed by atoms with Crippen LogP contribution in [-0.2, 0) is 9.53 Å². The Morgan fingerprint density at radius 3 is 2.69 bits per heavy atom. The van der Waals surface area contributed by atoms with Gasteiger partial charge in [-0.15, -0.1) is 11.3 Å². The lowest BCUT2D eigenvalue weighted by molar-refractivity contribution is -0.125. The monoisotopic (exact) mass is 372 g/mol. The molecule has 3 rings (SSSR count). The molecule has 26 heavy (non-hydrogen) atoms. The number of aromatic nitrogens is 1. The molecule has 0 spiro atoms. The molecule has 1 aromatic carbocycles. The molecule has 0 saturated carbocycles. The van der Waals surface area contributed by atoms with E-state index in [1.165, 1.54) is 17.4 Å². The Hall–Kier alpha value is -2.67. The van der Waals surface area contributed by atoms with Crippen molar-refractivity contribution in [2.75, 3.05) is 6.61 Å². The maximum Gasteiger partial charge on any atom is 0.374 e. The van der Waals surface area contributed by atoms with E-state index in [0.29, 0.717) is 16.7 Å². The molecule has 0 bridgehead atoms. The van der Waals surface area contributed by atoms with E-state index in [1.807, 2.05) is 45.0 Å². The molecule has 1 N–H and O–H groups in total. The fraction of sp³-hybridized carbons (Fsp3) is 0.316. The number of ether oxygens (including phenoxy) is 1. The zero-order chi connectivity index (χ0) is 18.7. The summed E-state index contributed by atoms with van der Waals surface area (Å²) in [6.07, 6.45) is 0. The van der Waals surface area contributed by atoms with Crippen LogP contribution in [-0.4, -0.2) is 29.5 Å². The first-order chi connectivity index (χ1) is 12.4. The van der Waals surface area contributed by atoms with Gasteiger partial charge in [-0.05, 0) is 37.1 Å². The molecule has 0 aliphatic heterocycles. The van der Waals surface area contributed by atoms with Gasteiger partial charge in [0.25, 0.3) is 5.91 Å². The summed E-state index contributed by atoms with van der Waals surface area (Å²) in [5.41, 5.74) is 0.879. The lowest BCUT2D eigenvalue weighted by Crippen LogP contribution is -2.38. The third-order valence-electron chi connectivity index (χ3n) is 4.03. The highest BCUT2D eigenvalue weighted by atomic mass is 32.1. The Kier molecular flexibility index (Phi) is 5.37. The van der Waals surface area contributed by atoms with E-state index in [2.05, 4.69) is 10.3 Å². The molecular weight excluding hydrogens is 352 g/mol. The van der Waals surface area contributed by atoms with E-state index < -0.39 is 5.97 Å². The van der Waals surface area contributed by atoms with Crippen molar-refractivity contribution in [3.05, 3.63) is 42.2 Å². The Morgan fingerprint density at radius 2 is 1.96 bits per heavy atom. The van der Waals surface area contributed by atoms with E-state index in [0.717, 1.165) is 10.2 Å². The average molecular weight is 372 g/mol. The molecule has 2 heterocycles. The molecule has 136 valence electrons. The van der Waals surface area contributed by atoms with Crippen molar-refractivity contribution in [2.45, 2.75) is 26.8 Å². The zero-order valence-electron chi connectivity index (χ0n) is 14.8. The molecule has 2 aromatic heterocycles. The standard InChI is InChI=1S/C19H20N2O4S/c1-11(2)12(3)20-17(22)10-24-19(23)15-9-8-14(25-15)18-21-13-6-4-5-7-16(13)26-18/h4-9,11-12H,10H2,1-3H3,(H,20,22)/t12-/m0/s1. The van der Waals surface area contributed by atoms with E-state index in [4.69, 9.17) is 9.15 Å². The van der Waals surface area contributed by atoms with Crippen molar-refractivity contribution in [2.24, 2.45) is 5.92 Å². The minimum absolute atomic E-state index is 0.00968.